The second-order valence-corrected chi connectivity index (χ2v) is 5.10. The summed E-state index contributed by atoms with van der Waals surface area (Å²) in [6.07, 6.45) is -6.69. The van der Waals surface area contributed by atoms with E-state index in [9.17, 15) is 32.7 Å². The number of primary amides is 1. The maximum absolute atomic E-state index is 12.5. The summed E-state index contributed by atoms with van der Waals surface area (Å²) in [5, 5.41) is 12.0. The number of aliphatic hydroxyl groups excluding tert-OH is 1. The van der Waals surface area contributed by atoms with E-state index in [0.717, 1.165) is 19.2 Å². The van der Waals surface area contributed by atoms with Crippen molar-refractivity contribution in [2.75, 3.05) is 7.11 Å². The number of halogens is 3. The molecule has 2 amide bonds. The van der Waals surface area contributed by atoms with Crippen LogP contribution in [0, 0.1) is 0 Å². The Morgan fingerprint density at radius 1 is 1.24 bits per heavy atom. The van der Waals surface area contributed by atoms with Gasteiger partial charge in [0.2, 0.25) is 5.91 Å². The highest BCUT2D eigenvalue weighted by atomic mass is 19.4. The van der Waals surface area contributed by atoms with Crippen LogP contribution in [0.3, 0.4) is 0 Å². The molecule has 10 heteroatoms. The van der Waals surface area contributed by atoms with E-state index in [1.54, 1.807) is 0 Å². The number of nitrogens with two attached hydrogens (primary N) is 1. The molecule has 0 unspecified atom stereocenters. The molecule has 0 bridgehead atoms. The lowest BCUT2D eigenvalue weighted by atomic mass is 10.0. The summed E-state index contributed by atoms with van der Waals surface area (Å²) in [5.74, 6) is -2.59. The molecule has 0 spiro atoms. The van der Waals surface area contributed by atoms with E-state index in [1.807, 2.05) is 0 Å². The van der Waals surface area contributed by atoms with Crippen molar-refractivity contribution in [2.45, 2.75) is 31.2 Å². The predicted molar refractivity (Wildman–Crippen MR) is 78.8 cm³/mol. The zero-order valence-electron chi connectivity index (χ0n) is 13.2. The summed E-state index contributed by atoms with van der Waals surface area (Å²) >= 11 is 0. The van der Waals surface area contributed by atoms with Crippen LogP contribution >= 0.6 is 0 Å². The quantitative estimate of drug-likeness (QED) is 0.616. The second kappa shape index (κ2) is 8.47. The van der Waals surface area contributed by atoms with Crippen molar-refractivity contribution in [1.29, 1.82) is 0 Å². The van der Waals surface area contributed by atoms with Crippen LogP contribution in [0.4, 0.5) is 13.2 Å². The predicted octanol–water partition coefficient (Wildman–Crippen LogP) is 0.662. The van der Waals surface area contributed by atoms with Crippen LogP contribution in [0.15, 0.2) is 24.3 Å². The average molecular weight is 362 g/mol. The highest BCUT2D eigenvalue weighted by Gasteiger charge is 2.31. The van der Waals surface area contributed by atoms with E-state index >= 15 is 0 Å². The molecule has 0 aromatic heterocycles. The van der Waals surface area contributed by atoms with E-state index < -0.39 is 41.7 Å². The second-order valence-electron chi connectivity index (χ2n) is 5.10. The van der Waals surface area contributed by atoms with E-state index in [1.165, 1.54) is 0 Å². The van der Waals surface area contributed by atoms with Crippen LogP contribution in [0.5, 0.6) is 0 Å². The Morgan fingerprint density at radius 3 is 2.24 bits per heavy atom. The first kappa shape index (κ1) is 20.4. The summed E-state index contributed by atoms with van der Waals surface area (Å²) in [4.78, 5) is 34.3. The van der Waals surface area contributed by atoms with Crippen molar-refractivity contribution >= 4 is 17.8 Å². The highest BCUT2D eigenvalue weighted by molar-refractivity contribution is 5.89. The molecule has 1 aromatic carbocycles. The zero-order valence-corrected chi connectivity index (χ0v) is 13.2. The number of carbonyl (C=O) groups excluding carboxylic acids is 3. The number of esters is 1. The summed E-state index contributed by atoms with van der Waals surface area (Å²) in [6.45, 7) is 0. The van der Waals surface area contributed by atoms with Gasteiger partial charge in [-0.2, -0.15) is 13.2 Å². The minimum Gasteiger partial charge on any atom is -0.469 e. The monoisotopic (exact) mass is 362 g/mol. The number of benzene rings is 1. The van der Waals surface area contributed by atoms with Gasteiger partial charge in [-0.25, -0.2) is 0 Å². The minimum atomic E-state index is -4.54. The van der Waals surface area contributed by atoms with Gasteiger partial charge < -0.3 is 20.9 Å². The molecule has 0 aliphatic carbocycles. The van der Waals surface area contributed by atoms with Crippen molar-refractivity contribution in [3.05, 3.63) is 35.4 Å². The van der Waals surface area contributed by atoms with Gasteiger partial charge in [0.15, 0.2) is 6.10 Å². The molecule has 0 aliphatic rings. The van der Waals surface area contributed by atoms with Gasteiger partial charge in [-0.1, -0.05) is 12.1 Å². The molecule has 1 aromatic rings. The van der Waals surface area contributed by atoms with E-state index in [4.69, 9.17) is 5.73 Å². The van der Waals surface area contributed by atoms with Crippen LogP contribution in [0.1, 0.15) is 30.1 Å². The van der Waals surface area contributed by atoms with Gasteiger partial charge >= 0.3 is 12.1 Å². The Kier molecular flexibility index (Phi) is 6.92. The van der Waals surface area contributed by atoms with Crippen molar-refractivity contribution in [1.82, 2.24) is 5.32 Å². The van der Waals surface area contributed by atoms with Crippen LogP contribution in [-0.2, 0) is 25.3 Å². The topological polar surface area (TPSA) is 119 Å². The summed E-state index contributed by atoms with van der Waals surface area (Å²) in [5.41, 5.74) is 4.08. The number of alkyl halides is 3. The third-order valence-corrected chi connectivity index (χ3v) is 3.33. The molecule has 7 nitrogen and oxygen atoms in total. The number of nitrogens with one attached hydrogen (secondary N) is 1. The number of carbonyl (C=O) groups is 3. The Hall–Kier alpha value is -2.62. The molecule has 0 radical (unpaired) electrons. The molecule has 138 valence electrons. The summed E-state index contributed by atoms with van der Waals surface area (Å²) in [7, 11) is 1.15. The normalized spacial score (nSPS) is 13.6. The lowest BCUT2D eigenvalue weighted by molar-refractivity contribution is -0.141. The molecular weight excluding hydrogens is 345 g/mol. The first-order chi connectivity index (χ1) is 11.6. The molecule has 4 N–H and O–H groups in total. The number of ether oxygens (including phenoxy) is 1. The van der Waals surface area contributed by atoms with Gasteiger partial charge in [0.05, 0.1) is 12.7 Å². The van der Waals surface area contributed by atoms with Gasteiger partial charge in [0.25, 0.3) is 5.91 Å². The van der Waals surface area contributed by atoms with E-state index in [-0.39, 0.29) is 18.4 Å². The van der Waals surface area contributed by atoms with E-state index in [0.29, 0.717) is 12.1 Å². The number of methoxy groups -OCH3 is 1. The number of aliphatic hydroxyl groups is 1. The fourth-order valence-corrected chi connectivity index (χ4v) is 1.91. The third kappa shape index (κ3) is 6.07. The van der Waals surface area contributed by atoms with Crippen molar-refractivity contribution in [3.8, 4) is 0 Å². The minimum absolute atomic E-state index is 0.0957. The number of hydrogen-bond donors (Lipinski definition) is 3. The summed E-state index contributed by atoms with van der Waals surface area (Å²) < 4.78 is 41.9. The first-order valence-electron chi connectivity index (χ1n) is 7.08. The largest absolute Gasteiger partial charge is 0.469 e. The third-order valence-electron chi connectivity index (χ3n) is 3.33. The molecule has 2 atom stereocenters. The average Bonchev–Trinajstić information content (AvgIpc) is 2.56. The smallest absolute Gasteiger partial charge is 0.416 e. The van der Waals surface area contributed by atoms with Crippen LogP contribution < -0.4 is 11.1 Å². The SMILES string of the molecule is COC(=O)CC[C@@H](NC(=O)[C@H](O)c1ccc(C(F)(F)F)cc1)C(N)=O. The highest BCUT2D eigenvalue weighted by Crippen LogP contribution is 2.29. The standard InChI is InChI=1S/C15H17F3N2O5/c1-25-11(21)7-6-10(13(19)23)20-14(24)12(22)8-2-4-9(5-3-8)15(16,17)18/h2-5,10,12,22H,6-7H2,1H3,(H2,19,23)(H,20,24)/t10-,12-/m1/s1. The van der Waals surface area contributed by atoms with Crippen molar-refractivity contribution in [3.63, 3.8) is 0 Å². The molecule has 25 heavy (non-hydrogen) atoms. The fourth-order valence-electron chi connectivity index (χ4n) is 1.91. The molecule has 0 saturated carbocycles. The molecular formula is C15H17F3N2O5. The number of hydrogen-bond acceptors (Lipinski definition) is 5. The molecule has 1 rings (SSSR count). The van der Waals surface area contributed by atoms with Gasteiger partial charge in [0, 0.05) is 6.42 Å². The van der Waals surface area contributed by atoms with Crippen LogP contribution in [0.2, 0.25) is 0 Å². The maximum Gasteiger partial charge on any atom is 0.416 e. The Bertz CT molecular complexity index is 631. The molecule has 0 heterocycles. The maximum atomic E-state index is 12.5. The van der Waals surface area contributed by atoms with Crippen LogP contribution in [-0.4, -0.2) is 36.0 Å². The lowest BCUT2D eigenvalue weighted by Crippen LogP contribution is -2.46. The number of amides is 2. The molecule has 0 fully saturated rings. The molecule has 0 saturated heterocycles. The zero-order chi connectivity index (χ0) is 19.2. The number of rotatable bonds is 7. The van der Waals surface area contributed by atoms with Gasteiger partial charge in [0.1, 0.15) is 6.04 Å². The van der Waals surface area contributed by atoms with Crippen molar-refractivity contribution < 1.29 is 37.4 Å². The lowest BCUT2D eigenvalue weighted by Gasteiger charge is -2.18. The van der Waals surface area contributed by atoms with Gasteiger partial charge in [-0.15, -0.1) is 0 Å². The Morgan fingerprint density at radius 2 is 1.80 bits per heavy atom. The fraction of sp³-hybridized carbons (Fsp3) is 0.400. The Balaban J connectivity index is 2.76. The first-order valence-corrected chi connectivity index (χ1v) is 7.08. The van der Waals surface area contributed by atoms with Crippen LogP contribution in [0.25, 0.3) is 0 Å². The van der Waals surface area contributed by atoms with E-state index in [2.05, 4.69) is 10.1 Å². The van der Waals surface area contributed by atoms with Crippen molar-refractivity contribution in [2.24, 2.45) is 5.73 Å². The molecule has 0 aliphatic heterocycles. The Labute approximate surface area is 140 Å². The summed E-state index contributed by atoms with van der Waals surface area (Å²) in [6, 6.07) is 2.08. The van der Waals surface area contributed by atoms with Gasteiger partial charge in [-0.3, -0.25) is 14.4 Å². The van der Waals surface area contributed by atoms with Gasteiger partial charge in [-0.05, 0) is 24.1 Å².